The van der Waals surface area contributed by atoms with Gasteiger partial charge in [-0.15, -0.1) is 11.3 Å². The molecule has 1 fully saturated rings. The molecule has 14 heavy (non-hydrogen) atoms. The summed E-state index contributed by atoms with van der Waals surface area (Å²) in [6.07, 6.45) is 1.23. The lowest BCUT2D eigenvalue weighted by Crippen LogP contribution is -2.22. The van der Waals surface area contributed by atoms with Crippen molar-refractivity contribution in [2.75, 3.05) is 18.1 Å². The van der Waals surface area contributed by atoms with Crippen molar-refractivity contribution in [2.24, 2.45) is 0 Å². The normalized spacial score (nSPS) is 23.4. The highest BCUT2D eigenvalue weighted by Gasteiger charge is 2.18. The lowest BCUT2D eigenvalue weighted by atomic mass is 10.2. The van der Waals surface area contributed by atoms with Crippen LogP contribution in [0.15, 0.2) is 6.07 Å². The average molecular weight is 268 g/mol. The minimum atomic E-state index is 0.374. The second-order valence-corrected chi connectivity index (χ2v) is 6.65. The number of rotatable bonds is 1. The first kappa shape index (κ1) is 11.1. The molecule has 1 atom stereocenters. The minimum absolute atomic E-state index is 0.374. The molecule has 1 N–H and O–H groups in total. The van der Waals surface area contributed by atoms with Crippen LogP contribution in [0.25, 0.3) is 0 Å². The first-order valence-corrected chi connectivity index (χ1v) is 7.26. The summed E-state index contributed by atoms with van der Waals surface area (Å²) in [5, 5.41) is 3.49. The molecule has 0 amide bonds. The molecule has 1 aliphatic heterocycles. The molecule has 1 unspecified atom stereocenters. The molecule has 1 aromatic rings. The highest BCUT2D eigenvalue weighted by atomic mass is 35.5. The molecule has 0 aromatic carbocycles. The van der Waals surface area contributed by atoms with Gasteiger partial charge in [0, 0.05) is 17.4 Å². The molecule has 5 heteroatoms. The number of hydrogen-bond acceptors (Lipinski definition) is 3. The van der Waals surface area contributed by atoms with Crippen molar-refractivity contribution in [3.05, 3.63) is 20.3 Å². The second-order valence-electron chi connectivity index (χ2n) is 3.21. The Morgan fingerprint density at radius 3 is 3.00 bits per heavy atom. The van der Waals surface area contributed by atoms with Gasteiger partial charge in [0.2, 0.25) is 0 Å². The van der Waals surface area contributed by atoms with Crippen LogP contribution in [0.3, 0.4) is 0 Å². The Labute approximate surface area is 102 Å². The van der Waals surface area contributed by atoms with Crippen molar-refractivity contribution < 1.29 is 0 Å². The molecule has 1 aliphatic rings. The number of halogens is 2. The smallest absolute Gasteiger partial charge is 0.0992 e. The van der Waals surface area contributed by atoms with Crippen LogP contribution in [0.1, 0.15) is 18.0 Å². The Morgan fingerprint density at radius 1 is 1.43 bits per heavy atom. The highest BCUT2D eigenvalue weighted by Crippen LogP contribution is 2.36. The third-order valence-corrected chi connectivity index (χ3v) is 4.86. The van der Waals surface area contributed by atoms with Crippen molar-refractivity contribution in [1.82, 2.24) is 5.32 Å². The first-order valence-electron chi connectivity index (χ1n) is 4.53. The van der Waals surface area contributed by atoms with Crippen LogP contribution in [0.4, 0.5) is 0 Å². The van der Waals surface area contributed by atoms with Gasteiger partial charge in [0.15, 0.2) is 0 Å². The number of thioether (sulfide) groups is 1. The van der Waals surface area contributed by atoms with Gasteiger partial charge in [-0.2, -0.15) is 11.8 Å². The van der Waals surface area contributed by atoms with Gasteiger partial charge in [0.25, 0.3) is 0 Å². The fourth-order valence-electron chi connectivity index (χ4n) is 1.50. The Hall–Kier alpha value is 0.590. The monoisotopic (exact) mass is 267 g/mol. The van der Waals surface area contributed by atoms with Gasteiger partial charge in [0.05, 0.1) is 8.67 Å². The molecular weight excluding hydrogens is 257 g/mol. The summed E-state index contributed by atoms with van der Waals surface area (Å²) in [6.45, 7) is 1.07. The van der Waals surface area contributed by atoms with E-state index in [4.69, 9.17) is 23.2 Å². The van der Waals surface area contributed by atoms with Crippen LogP contribution in [0.5, 0.6) is 0 Å². The Bertz CT molecular complexity index is 306. The third-order valence-electron chi connectivity index (χ3n) is 2.20. The topological polar surface area (TPSA) is 12.0 Å². The fourth-order valence-corrected chi connectivity index (χ4v) is 4.13. The van der Waals surface area contributed by atoms with E-state index in [9.17, 15) is 0 Å². The van der Waals surface area contributed by atoms with Gasteiger partial charge >= 0.3 is 0 Å². The minimum Gasteiger partial charge on any atom is -0.309 e. The lowest BCUT2D eigenvalue weighted by Gasteiger charge is -2.14. The van der Waals surface area contributed by atoms with Crippen molar-refractivity contribution in [3.63, 3.8) is 0 Å². The maximum Gasteiger partial charge on any atom is 0.0992 e. The van der Waals surface area contributed by atoms with Crippen LogP contribution in [-0.2, 0) is 0 Å². The molecule has 0 saturated carbocycles. The van der Waals surface area contributed by atoms with Gasteiger partial charge in [-0.3, -0.25) is 0 Å². The van der Waals surface area contributed by atoms with Gasteiger partial charge in [-0.05, 0) is 24.8 Å². The van der Waals surface area contributed by atoms with Gasteiger partial charge in [0.1, 0.15) is 0 Å². The predicted molar refractivity (Wildman–Crippen MR) is 67.0 cm³/mol. The molecule has 0 radical (unpaired) electrons. The van der Waals surface area contributed by atoms with Crippen molar-refractivity contribution in [3.8, 4) is 0 Å². The van der Waals surface area contributed by atoms with Crippen molar-refractivity contribution in [2.45, 2.75) is 12.5 Å². The van der Waals surface area contributed by atoms with E-state index in [1.165, 1.54) is 23.5 Å². The zero-order chi connectivity index (χ0) is 9.97. The number of hydrogen-bond donors (Lipinski definition) is 1. The van der Waals surface area contributed by atoms with Crippen LogP contribution >= 0.6 is 46.3 Å². The SMILES string of the molecule is Clc1cc(C2CSCCCN2)c(Cl)s1. The quantitative estimate of drug-likeness (QED) is 0.831. The van der Waals surface area contributed by atoms with Gasteiger partial charge in [-0.1, -0.05) is 23.2 Å². The summed E-state index contributed by atoms with van der Waals surface area (Å²) in [6, 6.07) is 2.36. The molecule has 0 bridgehead atoms. The molecule has 0 spiro atoms. The Kier molecular flexibility index (Phi) is 4.02. The zero-order valence-corrected chi connectivity index (χ0v) is 10.7. The summed E-state index contributed by atoms with van der Waals surface area (Å²) < 4.78 is 1.61. The summed E-state index contributed by atoms with van der Waals surface area (Å²) in [5.74, 6) is 2.33. The third kappa shape index (κ3) is 2.58. The van der Waals surface area contributed by atoms with Gasteiger partial charge in [-0.25, -0.2) is 0 Å². The molecule has 78 valence electrons. The lowest BCUT2D eigenvalue weighted by molar-refractivity contribution is 0.591. The molecular formula is C9H11Cl2NS2. The highest BCUT2D eigenvalue weighted by molar-refractivity contribution is 7.99. The van der Waals surface area contributed by atoms with Crippen molar-refractivity contribution in [1.29, 1.82) is 0 Å². The summed E-state index contributed by atoms with van der Waals surface area (Å²) in [7, 11) is 0. The summed E-state index contributed by atoms with van der Waals surface area (Å²) in [4.78, 5) is 0. The van der Waals surface area contributed by atoms with E-state index >= 15 is 0 Å². The maximum atomic E-state index is 6.12. The fraction of sp³-hybridized carbons (Fsp3) is 0.556. The summed E-state index contributed by atoms with van der Waals surface area (Å²) >= 11 is 15.5. The van der Waals surface area contributed by atoms with Crippen LogP contribution in [0, 0.1) is 0 Å². The molecule has 1 nitrogen and oxygen atoms in total. The number of nitrogens with one attached hydrogen (secondary N) is 1. The van der Waals surface area contributed by atoms with Crippen LogP contribution < -0.4 is 5.32 Å². The Morgan fingerprint density at radius 2 is 2.29 bits per heavy atom. The molecule has 2 rings (SSSR count). The zero-order valence-electron chi connectivity index (χ0n) is 7.56. The predicted octanol–water partition coefficient (Wildman–Crippen LogP) is 3.82. The molecule has 1 saturated heterocycles. The van der Waals surface area contributed by atoms with E-state index in [0.717, 1.165) is 26.5 Å². The van der Waals surface area contributed by atoms with E-state index in [-0.39, 0.29) is 0 Å². The van der Waals surface area contributed by atoms with E-state index < -0.39 is 0 Å². The molecule has 2 heterocycles. The van der Waals surface area contributed by atoms with Crippen molar-refractivity contribution >= 4 is 46.3 Å². The largest absolute Gasteiger partial charge is 0.309 e. The summed E-state index contributed by atoms with van der Waals surface area (Å²) in [5.41, 5.74) is 1.16. The maximum absolute atomic E-state index is 6.12. The number of thiophene rings is 1. The second kappa shape index (κ2) is 5.08. The molecule has 0 aliphatic carbocycles. The first-order chi connectivity index (χ1) is 6.77. The van der Waals surface area contributed by atoms with Crippen LogP contribution in [0.2, 0.25) is 8.67 Å². The Balaban J connectivity index is 2.15. The van der Waals surface area contributed by atoms with Gasteiger partial charge < -0.3 is 5.32 Å². The molecule has 1 aromatic heterocycles. The van der Waals surface area contributed by atoms with E-state index in [1.807, 2.05) is 17.8 Å². The average Bonchev–Trinajstić information content (AvgIpc) is 2.43. The van der Waals surface area contributed by atoms with E-state index in [1.54, 1.807) is 0 Å². The standard InChI is InChI=1S/C9H11Cl2NS2/c10-8-4-6(9(11)14-8)7-5-13-3-1-2-12-7/h4,7,12H,1-3,5H2. The van der Waals surface area contributed by atoms with Crippen LogP contribution in [-0.4, -0.2) is 18.1 Å². The van der Waals surface area contributed by atoms with E-state index in [0.29, 0.717) is 6.04 Å². The van der Waals surface area contributed by atoms with E-state index in [2.05, 4.69) is 5.32 Å².